The van der Waals surface area contributed by atoms with Crippen LogP contribution in [0.25, 0.3) is 0 Å². The molecule has 0 aliphatic carbocycles. The smallest absolute Gasteiger partial charge is 0.258 e. The zero-order valence-corrected chi connectivity index (χ0v) is 11.1. The van der Waals surface area contributed by atoms with E-state index in [1.54, 1.807) is 6.92 Å². The van der Waals surface area contributed by atoms with Gasteiger partial charge in [-0.15, -0.1) is 10.2 Å². The first-order valence-corrected chi connectivity index (χ1v) is 6.24. The zero-order valence-electron chi connectivity index (χ0n) is 8.70. The van der Waals surface area contributed by atoms with Gasteiger partial charge in [0.2, 0.25) is 5.13 Å². The third-order valence-electron chi connectivity index (χ3n) is 1.92. The molecular weight excluding hydrogens is 309 g/mol. The number of carbonyl (C=O) groups is 1. The Labute approximate surface area is 109 Å². The standard InChI is InChI=1S/C10H7BrFN3OS/c1-5-14-15-10(17-5)13-9(16)7-4-6(12)2-3-8(7)11/h2-4H,1H3,(H,13,15,16). The highest BCUT2D eigenvalue weighted by Crippen LogP contribution is 2.20. The summed E-state index contributed by atoms with van der Waals surface area (Å²) in [5.74, 6) is -0.890. The maximum absolute atomic E-state index is 13.0. The topological polar surface area (TPSA) is 54.9 Å². The van der Waals surface area contributed by atoms with Crippen LogP contribution in [0.5, 0.6) is 0 Å². The monoisotopic (exact) mass is 315 g/mol. The van der Waals surface area contributed by atoms with Crippen LogP contribution >= 0.6 is 27.3 Å². The number of nitrogens with one attached hydrogen (secondary N) is 1. The normalized spacial score (nSPS) is 10.3. The van der Waals surface area contributed by atoms with E-state index in [9.17, 15) is 9.18 Å². The summed E-state index contributed by atoms with van der Waals surface area (Å²) in [5, 5.41) is 11.2. The molecule has 0 atom stereocenters. The predicted molar refractivity (Wildman–Crippen MR) is 66.7 cm³/mol. The summed E-state index contributed by atoms with van der Waals surface area (Å²) < 4.78 is 13.5. The van der Waals surface area contributed by atoms with Crippen molar-refractivity contribution in [2.45, 2.75) is 6.92 Å². The Kier molecular flexibility index (Phi) is 3.49. The molecule has 1 heterocycles. The van der Waals surface area contributed by atoms with Crippen LogP contribution in [0.3, 0.4) is 0 Å². The van der Waals surface area contributed by atoms with Crippen molar-refractivity contribution in [1.29, 1.82) is 0 Å². The Morgan fingerprint density at radius 2 is 2.24 bits per heavy atom. The van der Waals surface area contributed by atoms with Gasteiger partial charge < -0.3 is 0 Å². The van der Waals surface area contributed by atoms with Gasteiger partial charge in [0.05, 0.1) is 5.56 Å². The number of aryl methyl sites for hydroxylation is 1. The SMILES string of the molecule is Cc1nnc(NC(=O)c2cc(F)ccc2Br)s1. The molecule has 7 heteroatoms. The molecule has 1 amide bonds. The minimum atomic E-state index is -0.466. The van der Waals surface area contributed by atoms with Crippen LogP contribution in [0.1, 0.15) is 15.4 Å². The van der Waals surface area contributed by atoms with Crippen molar-refractivity contribution in [3.05, 3.63) is 39.1 Å². The molecule has 17 heavy (non-hydrogen) atoms. The van der Waals surface area contributed by atoms with E-state index in [0.717, 1.165) is 11.1 Å². The van der Waals surface area contributed by atoms with Crippen LogP contribution in [-0.4, -0.2) is 16.1 Å². The minimum absolute atomic E-state index is 0.220. The molecule has 4 nitrogen and oxygen atoms in total. The van der Waals surface area contributed by atoms with Gasteiger partial charge in [0.15, 0.2) is 0 Å². The Hall–Kier alpha value is -1.34. The summed E-state index contributed by atoms with van der Waals surface area (Å²) in [4.78, 5) is 11.8. The predicted octanol–water partition coefficient (Wildman–Crippen LogP) is 3.00. The highest BCUT2D eigenvalue weighted by molar-refractivity contribution is 9.10. The first kappa shape index (κ1) is 12.1. The fourth-order valence-electron chi connectivity index (χ4n) is 1.18. The van der Waals surface area contributed by atoms with Crippen molar-refractivity contribution < 1.29 is 9.18 Å². The van der Waals surface area contributed by atoms with Crippen LogP contribution in [0, 0.1) is 12.7 Å². The first-order chi connectivity index (χ1) is 8.06. The van der Waals surface area contributed by atoms with Gasteiger partial charge in [0.1, 0.15) is 10.8 Å². The lowest BCUT2D eigenvalue weighted by atomic mass is 10.2. The minimum Gasteiger partial charge on any atom is -0.296 e. The number of benzene rings is 1. The van der Waals surface area contributed by atoms with Crippen LogP contribution in [0.2, 0.25) is 0 Å². The average molecular weight is 316 g/mol. The quantitative estimate of drug-likeness (QED) is 0.926. The Morgan fingerprint density at radius 1 is 1.47 bits per heavy atom. The third-order valence-corrected chi connectivity index (χ3v) is 3.37. The van der Waals surface area contributed by atoms with Crippen molar-refractivity contribution in [3.8, 4) is 0 Å². The van der Waals surface area contributed by atoms with Gasteiger partial charge in [-0.25, -0.2) is 4.39 Å². The fourth-order valence-corrected chi connectivity index (χ4v) is 2.20. The van der Waals surface area contributed by atoms with Gasteiger partial charge in [-0.05, 0) is 41.1 Å². The van der Waals surface area contributed by atoms with Gasteiger partial charge in [-0.3, -0.25) is 10.1 Å². The summed E-state index contributed by atoms with van der Waals surface area (Å²) in [6, 6.07) is 3.92. The second-order valence-electron chi connectivity index (χ2n) is 3.20. The number of rotatable bonds is 2. The molecule has 0 aliphatic rings. The van der Waals surface area contributed by atoms with Gasteiger partial charge in [0, 0.05) is 4.47 Å². The van der Waals surface area contributed by atoms with E-state index in [2.05, 4.69) is 31.4 Å². The summed E-state index contributed by atoms with van der Waals surface area (Å²) in [6.07, 6.45) is 0. The van der Waals surface area contributed by atoms with Gasteiger partial charge in [-0.2, -0.15) is 0 Å². The number of nitrogens with zero attached hydrogens (tertiary/aromatic N) is 2. The van der Waals surface area contributed by atoms with Gasteiger partial charge in [0.25, 0.3) is 5.91 Å². The molecule has 0 fully saturated rings. The Bertz CT molecular complexity index is 572. The van der Waals surface area contributed by atoms with E-state index >= 15 is 0 Å². The van der Waals surface area contributed by atoms with Crippen LogP contribution in [0.15, 0.2) is 22.7 Å². The molecule has 0 aliphatic heterocycles. The van der Waals surface area contributed by atoms with E-state index in [0.29, 0.717) is 9.60 Å². The summed E-state index contributed by atoms with van der Waals surface area (Å²) >= 11 is 4.45. The third kappa shape index (κ3) is 2.86. The lowest BCUT2D eigenvalue weighted by Gasteiger charge is -2.03. The van der Waals surface area contributed by atoms with Crippen molar-refractivity contribution >= 4 is 38.3 Å². The lowest BCUT2D eigenvalue weighted by molar-refractivity contribution is 0.102. The number of carbonyl (C=O) groups excluding carboxylic acids is 1. The second-order valence-corrected chi connectivity index (χ2v) is 5.24. The van der Waals surface area contributed by atoms with E-state index in [4.69, 9.17) is 0 Å². The maximum atomic E-state index is 13.0. The highest BCUT2D eigenvalue weighted by Gasteiger charge is 2.13. The molecule has 0 spiro atoms. The van der Waals surface area contributed by atoms with Crippen molar-refractivity contribution in [2.24, 2.45) is 0 Å². The number of hydrogen-bond acceptors (Lipinski definition) is 4. The summed E-state index contributed by atoms with van der Waals surface area (Å²) in [7, 11) is 0. The van der Waals surface area contributed by atoms with Crippen molar-refractivity contribution in [3.63, 3.8) is 0 Å². The van der Waals surface area contributed by atoms with Gasteiger partial charge in [-0.1, -0.05) is 11.3 Å². The van der Waals surface area contributed by atoms with E-state index in [1.807, 2.05) is 0 Å². The van der Waals surface area contributed by atoms with Crippen molar-refractivity contribution in [2.75, 3.05) is 5.32 Å². The molecule has 0 saturated carbocycles. The van der Waals surface area contributed by atoms with Crippen LogP contribution in [-0.2, 0) is 0 Å². The largest absolute Gasteiger partial charge is 0.296 e. The number of hydrogen-bond donors (Lipinski definition) is 1. The molecule has 88 valence electrons. The molecule has 2 rings (SSSR count). The van der Waals surface area contributed by atoms with Gasteiger partial charge >= 0.3 is 0 Å². The van der Waals surface area contributed by atoms with E-state index in [1.165, 1.54) is 23.5 Å². The maximum Gasteiger partial charge on any atom is 0.258 e. The van der Waals surface area contributed by atoms with Crippen LogP contribution in [0.4, 0.5) is 9.52 Å². The summed E-state index contributed by atoms with van der Waals surface area (Å²) in [6.45, 7) is 1.78. The molecule has 0 bridgehead atoms. The number of halogens is 2. The first-order valence-electron chi connectivity index (χ1n) is 4.63. The molecule has 0 unspecified atom stereocenters. The van der Waals surface area contributed by atoms with Crippen LogP contribution < -0.4 is 5.32 Å². The van der Waals surface area contributed by atoms with E-state index in [-0.39, 0.29) is 5.56 Å². The summed E-state index contributed by atoms with van der Waals surface area (Å²) in [5.41, 5.74) is 0.220. The van der Waals surface area contributed by atoms with E-state index < -0.39 is 11.7 Å². The molecule has 1 aromatic carbocycles. The number of aromatic nitrogens is 2. The second kappa shape index (κ2) is 4.89. The molecule has 1 N–H and O–H groups in total. The van der Waals surface area contributed by atoms with Crippen molar-refractivity contribution in [1.82, 2.24) is 10.2 Å². The zero-order chi connectivity index (χ0) is 12.4. The molecule has 2 aromatic rings. The molecule has 0 radical (unpaired) electrons. The molecule has 0 saturated heterocycles. The molecular formula is C10H7BrFN3OS. The number of anilines is 1. The Balaban J connectivity index is 2.22. The fraction of sp³-hybridized carbons (Fsp3) is 0.100. The Morgan fingerprint density at radius 3 is 2.88 bits per heavy atom. The highest BCUT2D eigenvalue weighted by atomic mass is 79.9. The lowest BCUT2D eigenvalue weighted by Crippen LogP contribution is -2.12. The number of amides is 1. The average Bonchev–Trinajstić information content (AvgIpc) is 2.67. The molecule has 1 aromatic heterocycles.